The fraction of sp³-hybridized carbons (Fsp3) is 0.865. The van der Waals surface area contributed by atoms with E-state index < -0.39 is 95.1 Å². The first kappa shape index (κ1) is 130. The van der Waals surface area contributed by atoms with Crippen LogP contribution in [0.1, 0.15) is 387 Å². The molecular weight excluding hydrogens is 1590 g/mol. The molecule has 0 aliphatic heterocycles. The van der Waals surface area contributed by atoms with E-state index in [1.165, 1.54) is 0 Å². The number of carbonyl (C=O) groups excluding carboxylic acids is 12. The number of amides is 4. The lowest BCUT2D eigenvalue weighted by Crippen LogP contribution is -2.53. The van der Waals surface area contributed by atoms with Crippen molar-refractivity contribution >= 4 is 77.0 Å². The van der Waals surface area contributed by atoms with Crippen molar-refractivity contribution < 1.29 is 95.9 Å². The molecule has 6 unspecified atom stereocenters. The number of nitrogens with two attached hydrogens (primary N) is 4. The quantitative estimate of drug-likeness (QED) is 0.0206. The molecule has 0 aromatic heterocycles. The minimum absolute atomic E-state index is 0.00397. The zero-order chi connectivity index (χ0) is 99.8. The molecule has 0 aromatic rings. The molecule has 0 spiro atoms. The fourth-order valence-corrected chi connectivity index (χ4v) is 9.55. The molecule has 0 rings (SSSR count). The lowest BCUT2D eigenvalue weighted by Gasteiger charge is -2.27. The molecule has 8 atom stereocenters. The lowest BCUT2D eigenvalue weighted by atomic mass is 9.86. The normalized spacial score (nSPS) is 14.1. The molecule has 0 aliphatic carbocycles. The van der Waals surface area contributed by atoms with Gasteiger partial charge in [0.2, 0.25) is 11.8 Å². The van der Waals surface area contributed by atoms with Crippen molar-refractivity contribution in [3.63, 3.8) is 0 Å². The number of ether oxygens (including phenoxy) is 6. The van der Waals surface area contributed by atoms with Gasteiger partial charge in [0.1, 0.15) is 46.2 Å². The molecular formula is C96H188N8O20. The standard InChI is InChI=1S/C25H46N2O6.C16H30N2O4.C15H29NO4.C12H25NO.C11H23NO.C9H18O3.C8H17NO/c1-16(2)20(18(28)14-15-23(3,4)5)27-21(30)17(26-22(31)33-25(9,10)11)12-13-19(29)32-24(6,7)8;1-10(2)14(12(19)8-9-16(3,4)5)18-15(22)11(17)6-7-13(20)21;1-10(2)11(12(17)20-15(6,7)8)16-13(18)19-9-14(3,4)5;1-6-9(2)11(13)10(14)7-8-12(3,4)5;1-8(2)10(12)9(13)6-7-11(3,4)5;1-7(2)12-8(10)11-6-9(3,4)5;1-8(2,3)5-4-7(10)6-9/h16-17,20H,12-15H2,1-11H3,(H,26,31)(H,27,30);10-11,14H,6-9,17H2,1-5H3,(H,18,22)(H,20,21);10-11H,9H2,1-8H3,(H,16,18);9,11H,6-8,13H2,1-5H3;8,10H,6-7,12H2,1-5H3;7H,6H2,1-5H3;4-6,9H2,1-3H3/t;;11-;;10-;;/m..1.1../s1. The number of alkyl carbamates (subject to hydrolysis) is 2. The molecule has 13 N–H and O–H groups in total. The molecule has 0 saturated carbocycles. The topological polar surface area (TPSA) is 450 Å². The third-order valence-electron chi connectivity index (χ3n) is 17.5. The van der Waals surface area contributed by atoms with Gasteiger partial charge in [-0.05, 0) is 189 Å². The van der Waals surface area contributed by atoms with E-state index in [2.05, 4.69) is 132 Å². The summed E-state index contributed by atoms with van der Waals surface area (Å²) in [6.07, 6.45) is 5.57. The van der Waals surface area contributed by atoms with Crippen LogP contribution in [0.3, 0.4) is 0 Å². The highest BCUT2D eigenvalue weighted by Crippen LogP contribution is 2.27. The van der Waals surface area contributed by atoms with Gasteiger partial charge in [-0.2, -0.15) is 0 Å². The predicted molar refractivity (Wildman–Crippen MR) is 500 cm³/mol. The molecule has 732 valence electrons. The zero-order valence-corrected chi connectivity index (χ0v) is 86.2. The first-order valence-electron chi connectivity index (χ1n) is 44.9. The molecule has 0 aromatic carbocycles. The summed E-state index contributed by atoms with van der Waals surface area (Å²) in [6.45, 7) is 82.9. The predicted octanol–water partition coefficient (Wildman–Crippen LogP) is 18.4. The molecule has 28 heteroatoms. The number of carboxylic acid groups (broad SMARTS) is 1. The van der Waals surface area contributed by atoms with Crippen molar-refractivity contribution in [2.24, 2.45) is 90.4 Å². The zero-order valence-electron chi connectivity index (χ0n) is 86.2. The van der Waals surface area contributed by atoms with E-state index in [9.17, 15) is 62.3 Å². The van der Waals surface area contributed by atoms with Crippen LogP contribution in [0.15, 0.2) is 0 Å². The third-order valence-corrected chi connectivity index (χ3v) is 17.5. The maximum atomic E-state index is 13.1. The van der Waals surface area contributed by atoms with Gasteiger partial charge in [-0.15, -0.1) is 0 Å². The Labute approximate surface area is 753 Å². The van der Waals surface area contributed by atoms with E-state index in [-0.39, 0.29) is 148 Å². The Hall–Kier alpha value is -6.65. The maximum Gasteiger partial charge on any atom is 0.508 e. The minimum Gasteiger partial charge on any atom is -0.481 e. The summed E-state index contributed by atoms with van der Waals surface area (Å²) in [5, 5.41) is 19.2. The third kappa shape index (κ3) is 86.1. The number of esters is 2. The summed E-state index contributed by atoms with van der Waals surface area (Å²) >= 11 is 0. The number of carbonyl (C=O) groups is 13. The van der Waals surface area contributed by atoms with Crippen LogP contribution < -0.4 is 44.2 Å². The van der Waals surface area contributed by atoms with Gasteiger partial charge in [-0.1, -0.05) is 221 Å². The summed E-state index contributed by atoms with van der Waals surface area (Å²) in [5.41, 5.74) is 21.1. The van der Waals surface area contributed by atoms with Crippen LogP contribution in [0.25, 0.3) is 0 Å². The van der Waals surface area contributed by atoms with Gasteiger partial charge in [-0.3, -0.25) is 43.2 Å². The Bertz CT molecular complexity index is 3110. The second-order valence-corrected chi connectivity index (χ2v) is 45.7. The van der Waals surface area contributed by atoms with Crippen LogP contribution in [-0.2, 0) is 76.4 Å². The average Bonchev–Trinajstić information content (AvgIpc) is 0.866. The summed E-state index contributed by atoms with van der Waals surface area (Å²) in [6, 6.07) is -4.47. The first-order valence-corrected chi connectivity index (χ1v) is 44.9. The van der Waals surface area contributed by atoms with Gasteiger partial charge in [-0.25, -0.2) is 19.2 Å². The van der Waals surface area contributed by atoms with Gasteiger partial charge in [0, 0.05) is 44.9 Å². The van der Waals surface area contributed by atoms with E-state index >= 15 is 0 Å². The SMILES string of the molecule is CC(C)(C)CCC(=O)CN.CC(C)C(NC(=O)C(CCC(=O)OC(C)(C)C)NC(=O)OC(C)(C)C)C(=O)CCC(C)(C)C.CC(C)C(NC(=O)C(N)CCC(=O)O)C(=O)CCC(C)(C)C.CC(C)OC(=O)OCC(C)(C)C.CC(C)[C@@H](N)C(=O)CCC(C)(C)C.CC(C)[C@@H](NC(=O)OCC(C)(C)C)C(=O)OC(C)(C)C.CCC(C)C(N)C(=O)CCC(C)(C)C. The van der Waals surface area contributed by atoms with E-state index in [1.807, 2.05) is 104 Å². The van der Waals surface area contributed by atoms with Crippen LogP contribution in [0, 0.1) is 67.5 Å². The molecule has 28 nitrogen and oxygen atoms in total. The Morgan fingerprint density at radius 3 is 1.02 bits per heavy atom. The fourth-order valence-electron chi connectivity index (χ4n) is 9.55. The maximum absolute atomic E-state index is 13.1. The largest absolute Gasteiger partial charge is 0.508 e. The number of rotatable bonds is 37. The number of hydrogen-bond acceptors (Lipinski definition) is 23. The Kier molecular flexibility index (Phi) is 64.1. The molecule has 0 radical (unpaired) electrons. The summed E-state index contributed by atoms with van der Waals surface area (Å²) in [7, 11) is 0. The number of Topliss-reactive ketones (excluding diaryl/α,β-unsaturated/α-hetero) is 5. The van der Waals surface area contributed by atoms with Crippen LogP contribution >= 0.6 is 0 Å². The molecule has 0 bridgehead atoms. The number of aliphatic carboxylic acids is 1. The molecule has 0 heterocycles. The van der Waals surface area contributed by atoms with Gasteiger partial charge in [0.15, 0.2) is 11.6 Å². The second-order valence-electron chi connectivity index (χ2n) is 45.7. The van der Waals surface area contributed by atoms with Crippen molar-refractivity contribution in [2.45, 2.75) is 452 Å². The summed E-state index contributed by atoms with van der Waals surface area (Å²) < 4.78 is 30.6. The molecule has 4 amide bonds. The van der Waals surface area contributed by atoms with Crippen LogP contribution in [0.5, 0.6) is 0 Å². The first-order chi connectivity index (χ1) is 55.2. The van der Waals surface area contributed by atoms with E-state index in [0.29, 0.717) is 51.0 Å². The van der Waals surface area contributed by atoms with Crippen LogP contribution in [0.4, 0.5) is 14.4 Å². The Morgan fingerprint density at radius 1 is 0.355 bits per heavy atom. The smallest absolute Gasteiger partial charge is 0.481 e. The van der Waals surface area contributed by atoms with Crippen LogP contribution in [-0.4, -0.2) is 167 Å². The minimum atomic E-state index is -1.05. The molecule has 0 saturated heterocycles. The van der Waals surface area contributed by atoms with E-state index in [4.69, 9.17) is 56.5 Å². The van der Waals surface area contributed by atoms with Crippen molar-refractivity contribution in [3.05, 3.63) is 0 Å². The molecule has 124 heavy (non-hydrogen) atoms. The average molecular weight is 1770 g/mol. The highest BCUT2D eigenvalue weighted by molar-refractivity contribution is 5.93. The lowest BCUT2D eigenvalue weighted by molar-refractivity contribution is -0.159. The number of carboxylic acids is 1. The van der Waals surface area contributed by atoms with E-state index in [1.54, 1.807) is 76.2 Å². The number of ketones is 5. The summed E-state index contributed by atoms with van der Waals surface area (Å²) in [4.78, 5) is 154. The van der Waals surface area contributed by atoms with Crippen molar-refractivity contribution in [1.82, 2.24) is 21.3 Å². The Morgan fingerprint density at radius 2 is 0.702 bits per heavy atom. The van der Waals surface area contributed by atoms with Gasteiger partial charge < -0.3 is 77.7 Å². The highest BCUT2D eigenvalue weighted by atomic mass is 16.7. The second kappa shape index (κ2) is 61.0. The van der Waals surface area contributed by atoms with Crippen molar-refractivity contribution in [1.29, 1.82) is 0 Å². The number of hydrogen-bond donors (Lipinski definition) is 9. The molecule has 0 aliphatic rings. The van der Waals surface area contributed by atoms with E-state index in [0.717, 1.165) is 32.1 Å². The number of nitrogens with one attached hydrogen (secondary N) is 4. The van der Waals surface area contributed by atoms with Crippen LogP contribution in [0.2, 0.25) is 0 Å². The summed E-state index contributed by atoms with van der Waals surface area (Å²) in [5.74, 6) is -2.09. The van der Waals surface area contributed by atoms with Crippen molar-refractivity contribution in [2.75, 3.05) is 19.8 Å². The highest BCUT2D eigenvalue weighted by Gasteiger charge is 2.35. The van der Waals surface area contributed by atoms with Gasteiger partial charge in [0.05, 0.1) is 56.1 Å². The van der Waals surface area contributed by atoms with Gasteiger partial charge >= 0.3 is 36.2 Å². The monoisotopic (exact) mass is 1770 g/mol. The molecule has 0 fully saturated rings. The van der Waals surface area contributed by atoms with Crippen molar-refractivity contribution in [3.8, 4) is 0 Å². The van der Waals surface area contributed by atoms with Gasteiger partial charge in [0.25, 0.3) is 0 Å². The Balaban J connectivity index is -0.000000268.